The van der Waals surface area contributed by atoms with Crippen LogP contribution in [0, 0.1) is 6.92 Å². The van der Waals surface area contributed by atoms with E-state index in [-0.39, 0.29) is 24.5 Å². The molecule has 5 nitrogen and oxygen atoms in total. The van der Waals surface area contributed by atoms with Gasteiger partial charge in [0.05, 0.1) is 25.3 Å². The average molecular weight is 326 g/mol. The van der Waals surface area contributed by atoms with Crippen molar-refractivity contribution in [1.29, 1.82) is 0 Å². The highest BCUT2D eigenvalue weighted by molar-refractivity contribution is 5.90. The van der Waals surface area contributed by atoms with Crippen molar-refractivity contribution in [3.8, 4) is 0 Å². The number of carbonyl (C=O) groups excluding carboxylic acids is 2. The van der Waals surface area contributed by atoms with Gasteiger partial charge < -0.3 is 15.4 Å². The molecule has 0 aliphatic rings. The molecule has 0 aromatic heterocycles. The summed E-state index contributed by atoms with van der Waals surface area (Å²) in [4.78, 5) is 23.6. The van der Waals surface area contributed by atoms with E-state index >= 15 is 0 Å². The summed E-state index contributed by atoms with van der Waals surface area (Å²) in [6, 6.07) is 14.9. The van der Waals surface area contributed by atoms with E-state index in [1.54, 1.807) is 18.2 Å². The first kappa shape index (κ1) is 17.5. The van der Waals surface area contributed by atoms with Crippen LogP contribution < -0.4 is 10.6 Å². The van der Waals surface area contributed by atoms with Crippen LogP contribution in [0.2, 0.25) is 0 Å². The Labute approximate surface area is 142 Å². The van der Waals surface area contributed by atoms with Crippen molar-refractivity contribution in [2.45, 2.75) is 19.9 Å². The van der Waals surface area contributed by atoms with Crippen molar-refractivity contribution in [3.05, 3.63) is 65.2 Å². The Morgan fingerprint density at radius 1 is 1.12 bits per heavy atom. The molecule has 0 saturated heterocycles. The van der Waals surface area contributed by atoms with Crippen molar-refractivity contribution >= 4 is 17.6 Å². The third kappa shape index (κ3) is 4.59. The smallest absolute Gasteiger partial charge is 0.337 e. The highest BCUT2D eigenvalue weighted by Gasteiger charge is 2.11. The van der Waals surface area contributed by atoms with Gasteiger partial charge in [-0.25, -0.2) is 4.79 Å². The Morgan fingerprint density at radius 2 is 1.83 bits per heavy atom. The first-order valence-corrected chi connectivity index (χ1v) is 7.78. The number of hydrogen-bond donors (Lipinski definition) is 2. The fourth-order valence-electron chi connectivity index (χ4n) is 2.40. The summed E-state index contributed by atoms with van der Waals surface area (Å²) in [5.41, 5.74) is 3.24. The van der Waals surface area contributed by atoms with E-state index in [1.807, 2.05) is 44.2 Å². The van der Waals surface area contributed by atoms with E-state index < -0.39 is 0 Å². The second-order valence-corrected chi connectivity index (χ2v) is 5.57. The molecular formula is C19H22N2O3. The van der Waals surface area contributed by atoms with Crippen molar-refractivity contribution in [2.24, 2.45) is 0 Å². The Morgan fingerprint density at radius 3 is 2.46 bits per heavy atom. The molecule has 0 unspecified atom stereocenters. The topological polar surface area (TPSA) is 67.4 Å². The molecule has 24 heavy (non-hydrogen) atoms. The summed E-state index contributed by atoms with van der Waals surface area (Å²) >= 11 is 0. The molecule has 0 radical (unpaired) electrons. The van der Waals surface area contributed by atoms with Gasteiger partial charge in [-0.1, -0.05) is 30.3 Å². The molecule has 0 aliphatic heterocycles. The SMILES string of the molecule is COC(=O)c1ccc(NCC(=O)N[C@@H](C)c2ccccc2)c(C)c1. The van der Waals surface area contributed by atoms with Gasteiger partial charge in [-0.15, -0.1) is 0 Å². The first-order chi connectivity index (χ1) is 11.5. The molecule has 2 rings (SSSR count). The number of hydrogen-bond acceptors (Lipinski definition) is 4. The molecule has 0 aliphatic carbocycles. The van der Waals surface area contributed by atoms with Crippen LogP contribution >= 0.6 is 0 Å². The number of aryl methyl sites for hydroxylation is 1. The number of rotatable bonds is 6. The lowest BCUT2D eigenvalue weighted by molar-refractivity contribution is -0.120. The maximum Gasteiger partial charge on any atom is 0.337 e. The monoisotopic (exact) mass is 326 g/mol. The minimum atomic E-state index is -0.376. The van der Waals surface area contributed by atoms with Crippen LogP contribution in [0.5, 0.6) is 0 Å². The van der Waals surface area contributed by atoms with Gasteiger partial charge in [0.2, 0.25) is 5.91 Å². The Kier molecular flexibility index (Phi) is 5.95. The highest BCUT2D eigenvalue weighted by Crippen LogP contribution is 2.17. The Hall–Kier alpha value is -2.82. The second-order valence-electron chi connectivity index (χ2n) is 5.57. The molecule has 1 amide bonds. The molecular weight excluding hydrogens is 304 g/mol. The van der Waals surface area contributed by atoms with Gasteiger partial charge in [0.15, 0.2) is 0 Å². The summed E-state index contributed by atoms with van der Waals surface area (Å²) in [6.45, 7) is 3.98. The van der Waals surface area contributed by atoms with E-state index in [0.29, 0.717) is 5.56 Å². The number of ether oxygens (including phenoxy) is 1. The molecule has 0 bridgehead atoms. The lowest BCUT2D eigenvalue weighted by atomic mass is 10.1. The predicted molar refractivity (Wildman–Crippen MR) is 94.0 cm³/mol. The molecule has 2 aromatic carbocycles. The molecule has 0 heterocycles. The van der Waals surface area contributed by atoms with E-state index in [9.17, 15) is 9.59 Å². The Bertz CT molecular complexity index is 714. The quantitative estimate of drug-likeness (QED) is 0.801. The molecule has 1 atom stereocenters. The Balaban J connectivity index is 1.91. The van der Waals surface area contributed by atoms with Crippen molar-refractivity contribution in [3.63, 3.8) is 0 Å². The van der Waals surface area contributed by atoms with E-state index in [2.05, 4.69) is 10.6 Å². The maximum atomic E-state index is 12.1. The van der Waals surface area contributed by atoms with Crippen LogP contribution in [-0.2, 0) is 9.53 Å². The van der Waals surface area contributed by atoms with E-state index in [0.717, 1.165) is 16.8 Å². The summed E-state index contributed by atoms with van der Waals surface area (Å²) in [5, 5.41) is 6.04. The first-order valence-electron chi connectivity index (χ1n) is 7.78. The predicted octanol–water partition coefficient (Wildman–Crippen LogP) is 3.07. The van der Waals surface area contributed by atoms with E-state index in [4.69, 9.17) is 4.74 Å². The van der Waals surface area contributed by atoms with Gasteiger partial charge in [0, 0.05) is 5.69 Å². The zero-order valence-electron chi connectivity index (χ0n) is 14.1. The summed E-state index contributed by atoms with van der Waals surface area (Å²) in [5.74, 6) is -0.470. The fourth-order valence-corrected chi connectivity index (χ4v) is 2.40. The lowest BCUT2D eigenvalue weighted by Crippen LogP contribution is -2.32. The van der Waals surface area contributed by atoms with Crippen LogP contribution in [0.1, 0.15) is 34.5 Å². The van der Waals surface area contributed by atoms with Crippen LogP contribution in [0.4, 0.5) is 5.69 Å². The maximum absolute atomic E-state index is 12.1. The van der Waals surface area contributed by atoms with Gasteiger partial charge in [-0.3, -0.25) is 4.79 Å². The molecule has 2 N–H and O–H groups in total. The number of amides is 1. The molecule has 0 saturated carbocycles. The zero-order chi connectivity index (χ0) is 17.5. The average Bonchev–Trinajstić information content (AvgIpc) is 2.60. The van der Waals surface area contributed by atoms with Crippen LogP contribution in [0.25, 0.3) is 0 Å². The van der Waals surface area contributed by atoms with Gasteiger partial charge >= 0.3 is 5.97 Å². The summed E-state index contributed by atoms with van der Waals surface area (Å²) in [6.07, 6.45) is 0. The second kappa shape index (κ2) is 8.15. The number of carbonyl (C=O) groups is 2. The lowest BCUT2D eigenvalue weighted by Gasteiger charge is -2.15. The van der Waals surface area contributed by atoms with E-state index in [1.165, 1.54) is 7.11 Å². The zero-order valence-corrected chi connectivity index (χ0v) is 14.1. The fraction of sp³-hybridized carbons (Fsp3) is 0.263. The number of benzene rings is 2. The van der Waals surface area contributed by atoms with Crippen molar-refractivity contribution in [1.82, 2.24) is 5.32 Å². The van der Waals surface area contributed by atoms with Gasteiger partial charge in [-0.05, 0) is 43.2 Å². The number of anilines is 1. The normalized spacial score (nSPS) is 11.5. The van der Waals surface area contributed by atoms with Crippen molar-refractivity contribution < 1.29 is 14.3 Å². The minimum absolute atomic E-state index is 0.0525. The minimum Gasteiger partial charge on any atom is -0.465 e. The molecule has 0 spiro atoms. The van der Waals surface area contributed by atoms with Gasteiger partial charge in [-0.2, -0.15) is 0 Å². The van der Waals surface area contributed by atoms with Crippen LogP contribution in [0.3, 0.4) is 0 Å². The summed E-state index contributed by atoms with van der Waals surface area (Å²) in [7, 11) is 1.35. The van der Waals surface area contributed by atoms with Gasteiger partial charge in [0.25, 0.3) is 0 Å². The van der Waals surface area contributed by atoms with Crippen LogP contribution in [0.15, 0.2) is 48.5 Å². The molecule has 0 fully saturated rings. The molecule has 5 heteroatoms. The number of methoxy groups -OCH3 is 1. The summed E-state index contributed by atoms with van der Waals surface area (Å²) < 4.78 is 4.69. The molecule has 126 valence electrons. The van der Waals surface area contributed by atoms with Crippen LogP contribution in [-0.4, -0.2) is 25.5 Å². The standard InChI is InChI=1S/C19H22N2O3/c1-13-11-16(19(23)24-3)9-10-17(13)20-12-18(22)21-14(2)15-7-5-4-6-8-15/h4-11,14,20H,12H2,1-3H3,(H,21,22)/t14-/m0/s1. The highest BCUT2D eigenvalue weighted by atomic mass is 16.5. The third-order valence-electron chi connectivity index (χ3n) is 3.76. The number of nitrogens with one attached hydrogen (secondary N) is 2. The van der Waals surface area contributed by atoms with Crippen molar-refractivity contribution in [2.75, 3.05) is 19.0 Å². The molecule has 2 aromatic rings. The van der Waals surface area contributed by atoms with Gasteiger partial charge in [0.1, 0.15) is 0 Å². The third-order valence-corrected chi connectivity index (χ3v) is 3.76. The largest absolute Gasteiger partial charge is 0.465 e. The number of esters is 1.